The number of aryl methyl sites for hydroxylation is 12. The first-order valence-corrected chi connectivity index (χ1v) is 41.1. The Bertz CT molecular complexity index is 6130. The minimum Gasteiger partial charge on any atom is -0.361 e. The lowest BCUT2D eigenvalue weighted by Gasteiger charge is -2.24. The van der Waals surface area contributed by atoms with Crippen LogP contribution in [0.3, 0.4) is 0 Å². The second-order valence-electron chi connectivity index (χ2n) is 36.3. The van der Waals surface area contributed by atoms with Crippen molar-refractivity contribution in [1.82, 2.24) is 0 Å². The molecular weight excluding hydrogens is 1420 g/mol. The topological polar surface area (TPSA) is 109 Å². The first-order valence-electron chi connectivity index (χ1n) is 41.1. The maximum Gasteiger partial charge on any atom is 0.331 e. The Balaban J connectivity index is 0.867. The van der Waals surface area contributed by atoms with E-state index >= 15 is 0 Å². The molecule has 0 N–H and O–H groups in total. The fourth-order valence-electron chi connectivity index (χ4n) is 19.6. The Hall–Kier alpha value is -12.8. The van der Waals surface area contributed by atoms with E-state index in [2.05, 4.69) is 396 Å². The summed E-state index contributed by atoms with van der Waals surface area (Å²) in [6.45, 7) is 46.7. The van der Waals surface area contributed by atoms with Gasteiger partial charge in [-0.25, -0.2) is 0 Å². The molecule has 16 rings (SSSR count). The quantitative estimate of drug-likeness (QED) is 0.0503. The van der Waals surface area contributed by atoms with Gasteiger partial charge in [-0.15, -0.1) is 0 Å². The van der Waals surface area contributed by atoms with Crippen molar-refractivity contribution in [3.8, 4) is 66.8 Å². The lowest BCUT2D eigenvalue weighted by atomic mass is 9.79. The lowest BCUT2D eigenvalue weighted by Crippen LogP contribution is -2.13. The normalized spacial score (nSPS) is 12.0. The van der Waals surface area contributed by atoms with Gasteiger partial charge in [-0.3, -0.25) is 0 Å². The summed E-state index contributed by atoms with van der Waals surface area (Å²) >= 11 is 0. The van der Waals surface area contributed by atoms with Crippen LogP contribution in [0.15, 0.2) is 237 Å². The zero-order valence-electron chi connectivity index (χ0n) is 71.7. The molecule has 0 amide bonds. The first kappa shape index (κ1) is 78.1. The van der Waals surface area contributed by atoms with Crippen molar-refractivity contribution in [1.29, 1.82) is 0 Å². The second kappa shape index (κ2) is 29.5. The zero-order valence-corrected chi connectivity index (χ0v) is 71.7. The molecule has 0 saturated carbocycles. The predicted molar refractivity (Wildman–Crippen MR) is 497 cm³/mol. The van der Waals surface area contributed by atoms with Gasteiger partial charge in [-0.2, -0.15) is 14.4 Å². The van der Waals surface area contributed by atoms with Gasteiger partial charge in [0, 0.05) is 0 Å². The molecule has 0 heterocycles. The maximum absolute atomic E-state index is 11.8. The average Bonchev–Trinajstić information content (AvgIpc) is 0.731. The summed E-state index contributed by atoms with van der Waals surface area (Å²) in [5.41, 5.74) is 72.2. The van der Waals surface area contributed by atoms with Crippen molar-refractivity contribution in [2.24, 2.45) is 0 Å². The van der Waals surface area contributed by atoms with Crippen LogP contribution in [0.1, 0.15) is 179 Å². The van der Waals surface area contributed by atoms with Crippen LogP contribution in [0.4, 0.5) is 0 Å². The van der Waals surface area contributed by atoms with Gasteiger partial charge in [0.25, 0.3) is 0 Å². The molecule has 0 radical (unpaired) electrons. The monoisotopic (exact) mass is 1520 g/mol. The van der Waals surface area contributed by atoms with E-state index in [0.717, 1.165) is 165 Å². The highest BCUT2D eigenvalue weighted by molar-refractivity contribution is 6.32. The van der Waals surface area contributed by atoms with E-state index in [1.807, 2.05) is 0 Å². The van der Waals surface area contributed by atoms with Gasteiger partial charge in [0.15, 0.2) is 0 Å². The number of nitrogens with zero attached hydrogens (tertiary/aromatic N) is 6. The molecule has 6 nitrogen and oxygen atoms in total. The second-order valence-corrected chi connectivity index (χ2v) is 36.3. The van der Waals surface area contributed by atoms with Gasteiger partial charge < -0.3 is 16.6 Å². The van der Waals surface area contributed by atoms with Gasteiger partial charge in [-0.1, -0.05) is 281 Å². The third kappa shape index (κ3) is 13.4. The molecule has 117 heavy (non-hydrogen) atoms. The highest BCUT2D eigenvalue weighted by Crippen LogP contribution is 2.50. The molecule has 16 aromatic rings. The van der Waals surface area contributed by atoms with Crippen LogP contribution in [0.2, 0.25) is 0 Å². The van der Waals surface area contributed by atoms with Crippen molar-refractivity contribution >= 4 is 81.8 Å². The molecule has 0 atom stereocenters. The standard InChI is InChI=1S/C111H102N6/c1-61-46-73(47-62(2)97(61)106(115-112)103-88-40-28-22-34-82(88)100(83-35-23-29-41-89(83)103)94-67(7)52-79(53-68(94)8)109(13,14)15)76-58-77(74-48-63(3)98(64(4)49-74)107(116-113)104-90-42-30-24-36-84(90)101(85-37-25-31-43-91(85)104)95-69(9)54-80(55-70(95)10)110(16,17)18)60-78(59-76)75-50-65(5)99(66(6)51-75)108(117-114)105-92-44-32-26-38-86(92)102(87-39-27-33-45-93(87)105)96-71(11)56-81(57-72(96)12)111(19,20)21/h22-60H,1-21H3. The fraction of sp³-hybridized carbons (Fsp3) is 0.216. The van der Waals surface area contributed by atoms with Crippen LogP contribution < -0.4 is 0 Å². The van der Waals surface area contributed by atoms with Gasteiger partial charge in [0.2, 0.25) is 0 Å². The molecule has 0 spiro atoms. The van der Waals surface area contributed by atoms with E-state index in [0.29, 0.717) is 17.1 Å². The maximum atomic E-state index is 11.8. The van der Waals surface area contributed by atoms with Gasteiger partial charge in [-0.05, 0) is 332 Å². The third-order valence-electron chi connectivity index (χ3n) is 25.0. The molecule has 0 bridgehead atoms. The Morgan fingerprint density at radius 1 is 0.188 bits per heavy atom. The summed E-state index contributed by atoms with van der Waals surface area (Å²) in [6.07, 6.45) is 0. The summed E-state index contributed by atoms with van der Waals surface area (Å²) in [4.78, 5) is 13.1. The molecule has 0 fully saturated rings. The summed E-state index contributed by atoms with van der Waals surface area (Å²) in [5.74, 6) is 0. The molecule has 0 aliphatic carbocycles. The Labute approximate surface area is 690 Å². The summed E-state index contributed by atoms with van der Waals surface area (Å²) in [7, 11) is 0. The van der Waals surface area contributed by atoms with E-state index in [4.69, 9.17) is 0 Å². The Morgan fingerprint density at radius 2 is 0.342 bits per heavy atom. The minimum absolute atomic E-state index is 0.0184. The van der Waals surface area contributed by atoms with E-state index in [9.17, 15) is 16.6 Å². The largest absolute Gasteiger partial charge is 0.361 e. The summed E-state index contributed by atoms with van der Waals surface area (Å²) < 4.78 is 0. The smallest absolute Gasteiger partial charge is 0.331 e. The summed E-state index contributed by atoms with van der Waals surface area (Å²) in [5, 5.41) is 12.6. The van der Waals surface area contributed by atoms with Gasteiger partial charge in [0.05, 0.1) is 33.4 Å². The molecule has 6 heteroatoms. The van der Waals surface area contributed by atoms with Crippen molar-refractivity contribution in [2.45, 2.75) is 162 Å². The predicted octanol–water partition coefficient (Wildman–Crippen LogP) is 29.4. The molecule has 0 aliphatic heterocycles. The number of hydrogen-bond donors (Lipinski definition) is 0. The molecule has 576 valence electrons. The van der Waals surface area contributed by atoms with E-state index in [1.165, 1.54) is 83.5 Å². The molecular formula is C111H102N6. The number of benzene rings is 16. The van der Waals surface area contributed by atoms with E-state index in [-0.39, 0.29) is 16.2 Å². The van der Waals surface area contributed by atoms with Crippen molar-refractivity contribution < 1.29 is 14.4 Å². The van der Waals surface area contributed by atoms with Crippen LogP contribution in [-0.4, -0.2) is 31.5 Å². The number of hydrogen-bond acceptors (Lipinski definition) is 0. The van der Waals surface area contributed by atoms with Crippen molar-refractivity contribution in [2.75, 3.05) is 0 Å². The Kier molecular flexibility index (Phi) is 19.7. The third-order valence-corrected chi connectivity index (χ3v) is 25.0. The molecule has 0 aromatic heterocycles. The number of fused-ring (bicyclic) bond motifs is 6. The Morgan fingerprint density at radius 3 is 0.496 bits per heavy atom. The molecule has 0 unspecified atom stereocenters. The average molecular weight is 1520 g/mol. The first-order chi connectivity index (χ1) is 55.8. The minimum atomic E-state index is -0.0184. The van der Waals surface area contributed by atoms with Crippen LogP contribution in [0.5, 0.6) is 0 Å². The van der Waals surface area contributed by atoms with Gasteiger partial charge in [0.1, 0.15) is 0 Å². The van der Waals surface area contributed by atoms with E-state index < -0.39 is 0 Å². The lowest BCUT2D eigenvalue weighted by molar-refractivity contribution is -0.00310. The van der Waals surface area contributed by atoms with Crippen LogP contribution >= 0.6 is 0 Å². The zero-order chi connectivity index (χ0) is 82.9. The van der Waals surface area contributed by atoms with Crippen LogP contribution in [-0.2, 0) is 16.2 Å². The van der Waals surface area contributed by atoms with Crippen LogP contribution in [0, 0.1) is 83.1 Å². The summed E-state index contributed by atoms with van der Waals surface area (Å²) in [6, 6.07) is 86.2. The van der Waals surface area contributed by atoms with Crippen LogP contribution in [0.25, 0.3) is 148 Å². The molecule has 16 aromatic carbocycles. The van der Waals surface area contributed by atoms with E-state index in [1.54, 1.807) is 0 Å². The highest BCUT2D eigenvalue weighted by Gasteiger charge is 2.34. The van der Waals surface area contributed by atoms with Gasteiger partial charge >= 0.3 is 17.1 Å². The molecule has 0 saturated heterocycles. The highest BCUT2D eigenvalue weighted by atomic mass is 14.9. The molecule has 0 aliphatic rings. The van der Waals surface area contributed by atoms with Crippen molar-refractivity contribution in [3.63, 3.8) is 0 Å². The SMILES string of the molecule is Cc1cc(-c2cc(-c3cc(C)c(C(=[N+]=[N-])c4c5ccccc5c(-c5c(C)cc(C(C)(C)C)cc5C)c5ccccc45)c(C)c3)cc(-c3cc(C)c(C(=[N+]=[N-])c4c5ccccc5c(-c5c(C)cc(C(C)(C)C)cc5C)c5ccccc45)c(C)c3)c2)cc(C)c1C(=[N+]=[N-])c1c2ccccc2c(-c2c(C)cc(C(C)(C)C)cc2C)c2ccccc12. The van der Waals surface area contributed by atoms with Crippen molar-refractivity contribution in [3.05, 3.63) is 370 Å². The number of rotatable bonds is 12. The fourth-order valence-corrected chi connectivity index (χ4v) is 19.6.